The molecule has 1 saturated heterocycles. The molecule has 4 heteroatoms. The lowest BCUT2D eigenvalue weighted by atomic mass is 10.1. The standard InChI is InChI=1S/C16H21NO3/c18-15(19)9-11-1-3-12(4-2-11)10-17-14-7-8-20-16(14)13-5-6-13/h1-4,13-14,16-17H,5-10H2,(H,18,19). The first kappa shape index (κ1) is 13.6. The molecule has 2 aliphatic rings. The quantitative estimate of drug-likeness (QED) is 0.833. The summed E-state index contributed by atoms with van der Waals surface area (Å²) in [6.07, 6.45) is 4.22. The Morgan fingerprint density at radius 1 is 1.20 bits per heavy atom. The van der Waals surface area contributed by atoms with Gasteiger partial charge in [0.2, 0.25) is 0 Å². The van der Waals surface area contributed by atoms with Crippen molar-refractivity contribution in [2.75, 3.05) is 6.61 Å². The van der Waals surface area contributed by atoms with E-state index >= 15 is 0 Å². The summed E-state index contributed by atoms with van der Waals surface area (Å²) in [5, 5.41) is 12.3. The molecular formula is C16H21NO3. The van der Waals surface area contributed by atoms with E-state index < -0.39 is 5.97 Å². The molecule has 1 heterocycles. The fourth-order valence-electron chi connectivity index (χ4n) is 2.92. The molecule has 1 saturated carbocycles. The molecule has 2 atom stereocenters. The Balaban J connectivity index is 1.51. The highest BCUT2D eigenvalue weighted by Gasteiger charge is 2.40. The van der Waals surface area contributed by atoms with Crippen LogP contribution in [0.15, 0.2) is 24.3 Å². The molecule has 4 nitrogen and oxygen atoms in total. The van der Waals surface area contributed by atoms with E-state index in [-0.39, 0.29) is 6.42 Å². The molecule has 0 radical (unpaired) electrons. The van der Waals surface area contributed by atoms with E-state index in [4.69, 9.17) is 9.84 Å². The third kappa shape index (κ3) is 3.38. The van der Waals surface area contributed by atoms with Crippen LogP contribution in [0.1, 0.15) is 30.4 Å². The molecule has 1 aromatic rings. The molecule has 0 aromatic heterocycles. The minimum Gasteiger partial charge on any atom is -0.481 e. The van der Waals surface area contributed by atoms with Crippen LogP contribution in [0.2, 0.25) is 0 Å². The first-order chi connectivity index (χ1) is 9.72. The summed E-state index contributed by atoms with van der Waals surface area (Å²) in [6.45, 7) is 1.70. The fourth-order valence-corrected chi connectivity index (χ4v) is 2.92. The third-order valence-electron chi connectivity index (χ3n) is 4.17. The van der Waals surface area contributed by atoms with Crippen LogP contribution in [0.3, 0.4) is 0 Å². The zero-order valence-electron chi connectivity index (χ0n) is 11.5. The molecule has 0 bridgehead atoms. The van der Waals surface area contributed by atoms with Crippen LogP contribution in [0.5, 0.6) is 0 Å². The molecule has 3 rings (SSSR count). The second-order valence-corrected chi connectivity index (χ2v) is 5.84. The lowest BCUT2D eigenvalue weighted by molar-refractivity contribution is -0.136. The maximum absolute atomic E-state index is 10.6. The van der Waals surface area contributed by atoms with Gasteiger partial charge in [-0.15, -0.1) is 0 Å². The number of aliphatic carboxylic acids is 1. The van der Waals surface area contributed by atoms with E-state index in [0.29, 0.717) is 12.1 Å². The fraction of sp³-hybridized carbons (Fsp3) is 0.562. The van der Waals surface area contributed by atoms with Gasteiger partial charge in [-0.25, -0.2) is 0 Å². The van der Waals surface area contributed by atoms with Crippen LogP contribution in [0, 0.1) is 5.92 Å². The second kappa shape index (κ2) is 5.94. The summed E-state index contributed by atoms with van der Waals surface area (Å²) in [5.41, 5.74) is 2.04. The predicted octanol–water partition coefficient (Wildman–Crippen LogP) is 1.97. The number of benzene rings is 1. The Hall–Kier alpha value is -1.39. The summed E-state index contributed by atoms with van der Waals surface area (Å²) >= 11 is 0. The van der Waals surface area contributed by atoms with Gasteiger partial charge in [0.15, 0.2) is 0 Å². The highest BCUT2D eigenvalue weighted by molar-refractivity contribution is 5.70. The van der Waals surface area contributed by atoms with Crippen molar-refractivity contribution in [3.05, 3.63) is 35.4 Å². The summed E-state index contributed by atoms with van der Waals surface area (Å²) in [5.74, 6) is -0.0146. The van der Waals surface area contributed by atoms with E-state index in [2.05, 4.69) is 5.32 Å². The van der Waals surface area contributed by atoms with E-state index in [0.717, 1.165) is 31.1 Å². The molecule has 108 valence electrons. The average Bonchev–Trinajstić information content (AvgIpc) is 3.16. The van der Waals surface area contributed by atoms with E-state index in [1.807, 2.05) is 24.3 Å². The molecule has 1 aromatic carbocycles. The van der Waals surface area contributed by atoms with Crippen LogP contribution in [-0.4, -0.2) is 29.8 Å². The average molecular weight is 275 g/mol. The minimum absolute atomic E-state index is 0.0912. The van der Waals surface area contributed by atoms with Crippen molar-refractivity contribution in [3.63, 3.8) is 0 Å². The summed E-state index contributed by atoms with van der Waals surface area (Å²) < 4.78 is 5.81. The van der Waals surface area contributed by atoms with E-state index in [1.165, 1.54) is 18.4 Å². The van der Waals surface area contributed by atoms with Crippen LogP contribution in [0.4, 0.5) is 0 Å². The van der Waals surface area contributed by atoms with Gasteiger partial charge in [-0.1, -0.05) is 24.3 Å². The Labute approximate surface area is 119 Å². The number of carbonyl (C=O) groups is 1. The summed E-state index contributed by atoms with van der Waals surface area (Å²) in [6, 6.07) is 8.28. The molecule has 0 amide bonds. The van der Waals surface area contributed by atoms with Gasteiger partial charge in [0.05, 0.1) is 12.5 Å². The second-order valence-electron chi connectivity index (χ2n) is 5.84. The van der Waals surface area contributed by atoms with Crippen molar-refractivity contribution < 1.29 is 14.6 Å². The monoisotopic (exact) mass is 275 g/mol. The molecular weight excluding hydrogens is 254 g/mol. The molecule has 2 N–H and O–H groups in total. The first-order valence-corrected chi connectivity index (χ1v) is 7.37. The zero-order valence-corrected chi connectivity index (χ0v) is 11.5. The molecule has 2 fully saturated rings. The van der Waals surface area contributed by atoms with Crippen molar-refractivity contribution in [3.8, 4) is 0 Å². The van der Waals surface area contributed by atoms with Gasteiger partial charge in [0.1, 0.15) is 0 Å². The van der Waals surface area contributed by atoms with Crippen molar-refractivity contribution in [2.24, 2.45) is 5.92 Å². The molecule has 1 aliphatic carbocycles. The van der Waals surface area contributed by atoms with Gasteiger partial charge in [0, 0.05) is 19.2 Å². The Morgan fingerprint density at radius 2 is 1.90 bits per heavy atom. The Morgan fingerprint density at radius 3 is 2.55 bits per heavy atom. The van der Waals surface area contributed by atoms with Gasteiger partial charge < -0.3 is 15.2 Å². The zero-order chi connectivity index (χ0) is 13.9. The van der Waals surface area contributed by atoms with Crippen LogP contribution in [0.25, 0.3) is 0 Å². The predicted molar refractivity (Wildman–Crippen MR) is 75.5 cm³/mol. The van der Waals surface area contributed by atoms with E-state index in [1.54, 1.807) is 0 Å². The molecule has 0 spiro atoms. The van der Waals surface area contributed by atoms with Gasteiger partial charge in [0.25, 0.3) is 0 Å². The minimum atomic E-state index is -0.786. The molecule has 2 unspecified atom stereocenters. The van der Waals surface area contributed by atoms with Crippen LogP contribution < -0.4 is 5.32 Å². The first-order valence-electron chi connectivity index (χ1n) is 7.37. The van der Waals surface area contributed by atoms with Crippen molar-refractivity contribution in [1.29, 1.82) is 0 Å². The number of hydrogen-bond donors (Lipinski definition) is 2. The normalized spacial score (nSPS) is 25.8. The number of nitrogens with one attached hydrogen (secondary N) is 1. The topological polar surface area (TPSA) is 58.6 Å². The van der Waals surface area contributed by atoms with Gasteiger partial charge >= 0.3 is 5.97 Å². The van der Waals surface area contributed by atoms with Crippen molar-refractivity contribution >= 4 is 5.97 Å². The van der Waals surface area contributed by atoms with Crippen molar-refractivity contribution in [2.45, 2.75) is 44.4 Å². The maximum atomic E-state index is 10.6. The SMILES string of the molecule is O=C(O)Cc1ccc(CNC2CCOC2C2CC2)cc1. The summed E-state index contributed by atoms with van der Waals surface area (Å²) in [4.78, 5) is 10.6. The lowest BCUT2D eigenvalue weighted by Gasteiger charge is -2.19. The van der Waals surface area contributed by atoms with Gasteiger partial charge in [-0.3, -0.25) is 4.79 Å². The van der Waals surface area contributed by atoms with E-state index in [9.17, 15) is 4.79 Å². The highest BCUT2D eigenvalue weighted by atomic mass is 16.5. The van der Waals surface area contributed by atoms with Crippen LogP contribution in [-0.2, 0) is 22.5 Å². The maximum Gasteiger partial charge on any atom is 0.307 e. The van der Waals surface area contributed by atoms with Crippen LogP contribution >= 0.6 is 0 Å². The smallest absolute Gasteiger partial charge is 0.307 e. The number of ether oxygens (including phenoxy) is 1. The summed E-state index contributed by atoms with van der Waals surface area (Å²) in [7, 11) is 0. The number of carboxylic acid groups (broad SMARTS) is 1. The largest absolute Gasteiger partial charge is 0.481 e. The van der Waals surface area contributed by atoms with Gasteiger partial charge in [-0.2, -0.15) is 0 Å². The van der Waals surface area contributed by atoms with Crippen molar-refractivity contribution in [1.82, 2.24) is 5.32 Å². The molecule has 1 aliphatic heterocycles. The molecule has 20 heavy (non-hydrogen) atoms. The number of rotatable bonds is 6. The Bertz CT molecular complexity index is 467. The third-order valence-corrected chi connectivity index (χ3v) is 4.17. The number of hydrogen-bond acceptors (Lipinski definition) is 3. The highest BCUT2D eigenvalue weighted by Crippen LogP contribution is 2.38. The lowest BCUT2D eigenvalue weighted by Crippen LogP contribution is -2.37. The van der Waals surface area contributed by atoms with Gasteiger partial charge in [-0.05, 0) is 36.3 Å². The number of carboxylic acids is 1. The Kier molecular flexibility index (Phi) is 4.03.